The van der Waals surface area contributed by atoms with Crippen LogP contribution in [0.2, 0.25) is 0 Å². The smallest absolute Gasteiger partial charge is 0.0860 e. The Hall–Kier alpha value is -1.02. The number of nitrogens with two attached hydrogens (primary N) is 1. The highest BCUT2D eigenvalue weighted by molar-refractivity contribution is 5.53. The van der Waals surface area contributed by atoms with Gasteiger partial charge in [0.25, 0.3) is 0 Å². The summed E-state index contributed by atoms with van der Waals surface area (Å²) in [4.78, 5) is 0. The predicted molar refractivity (Wildman–Crippen MR) is 55.6 cm³/mol. The van der Waals surface area contributed by atoms with Crippen LogP contribution in [0.25, 0.3) is 0 Å². The maximum absolute atomic E-state index is 9.81. The van der Waals surface area contributed by atoms with E-state index in [0.717, 1.165) is 16.7 Å². The number of aryl methyl sites for hydroxylation is 2. The Bertz CT molecular complexity index is 324. The van der Waals surface area contributed by atoms with E-state index in [1.807, 2.05) is 26.0 Å². The molecule has 1 rings (SSSR count). The number of anilines is 1. The highest BCUT2D eigenvalue weighted by atomic mass is 16.3. The Balaban J connectivity index is 3.32. The van der Waals surface area contributed by atoms with Crippen LogP contribution in [0.1, 0.15) is 30.5 Å². The molecule has 2 heteroatoms. The Morgan fingerprint density at radius 3 is 2.08 bits per heavy atom. The zero-order chi connectivity index (χ0) is 10.2. The van der Waals surface area contributed by atoms with Crippen molar-refractivity contribution in [2.45, 2.75) is 33.3 Å². The third-order valence-electron chi connectivity index (χ3n) is 2.32. The van der Waals surface area contributed by atoms with Crippen molar-refractivity contribution in [1.29, 1.82) is 0 Å². The van der Waals surface area contributed by atoms with Gasteiger partial charge in [-0.05, 0) is 44.9 Å². The van der Waals surface area contributed by atoms with Crippen molar-refractivity contribution in [1.82, 2.24) is 0 Å². The van der Waals surface area contributed by atoms with E-state index < -0.39 is 5.60 Å². The Morgan fingerprint density at radius 1 is 1.15 bits per heavy atom. The summed E-state index contributed by atoms with van der Waals surface area (Å²) in [5.74, 6) is 0. The summed E-state index contributed by atoms with van der Waals surface area (Å²) in [6.07, 6.45) is 0. The van der Waals surface area contributed by atoms with Crippen LogP contribution in [-0.2, 0) is 5.60 Å². The summed E-state index contributed by atoms with van der Waals surface area (Å²) < 4.78 is 0. The van der Waals surface area contributed by atoms with Gasteiger partial charge in [0.05, 0.1) is 5.60 Å². The third kappa shape index (κ3) is 2.01. The van der Waals surface area contributed by atoms with Gasteiger partial charge in [-0.2, -0.15) is 0 Å². The van der Waals surface area contributed by atoms with Crippen molar-refractivity contribution in [2.75, 3.05) is 5.73 Å². The molecule has 0 saturated heterocycles. The van der Waals surface area contributed by atoms with E-state index in [0.29, 0.717) is 5.69 Å². The summed E-state index contributed by atoms with van der Waals surface area (Å²) in [7, 11) is 0. The number of aliphatic hydroxyl groups is 1. The SMILES string of the molecule is Cc1cc(N)c(C(C)(C)O)cc1C. The molecule has 0 saturated carbocycles. The fourth-order valence-electron chi connectivity index (χ4n) is 1.37. The average Bonchev–Trinajstić information content (AvgIpc) is 1.94. The lowest BCUT2D eigenvalue weighted by atomic mass is 9.93. The van der Waals surface area contributed by atoms with Crippen LogP contribution in [0.4, 0.5) is 5.69 Å². The molecule has 1 aromatic carbocycles. The number of nitrogen functional groups attached to an aromatic ring is 1. The molecule has 72 valence electrons. The number of benzene rings is 1. The molecular weight excluding hydrogens is 162 g/mol. The molecule has 0 aliphatic rings. The monoisotopic (exact) mass is 179 g/mol. The predicted octanol–water partition coefficient (Wildman–Crippen LogP) is 2.11. The molecule has 0 aliphatic heterocycles. The normalized spacial score (nSPS) is 11.8. The molecule has 1 aromatic rings. The third-order valence-corrected chi connectivity index (χ3v) is 2.32. The van der Waals surface area contributed by atoms with E-state index in [1.165, 1.54) is 0 Å². The first-order valence-electron chi connectivity index (χ1n) is 4.42. The van der Waals surface area contributed by atoms with Gasteiger partial charge in [-0.15, -0.1) is 0 Å². The first-order valence-corrected chi connectivity index (χ1v) is 4.42. The lowest BCUT2D eigenvalue weighted by molar-refractivity contribution is 0.0793. The molecule has 0 aromatic heterocycles. The molecule has 0 radical (unpaired) electrons. The summed E-state index contributed by atoms with van der Waals surface area (Å²) in [5, 5.41) is 9.81. The average molecular weight is 179 g/mol. The summed E-state index contributed by atoms with van der Waals surface area (Å²) >= 11 is 0. The van der Waals surface area contributed by atoms with Gasteiger partial charge >= 0.3 is 0 Å². The number of hydrogen-bond acceptors (Lipinski definition) is 2. The molecule has 2 nitrogen and oxygen atoms in total. The minimum absolute atomic E-state index is 0.663. The Morgan fingerprint density at radius 2 is 1.62 bits per heavy atom. The lowest BCUT2D eigenvalue weighted by Gasteiger charge is -2.21. The molecule has 0 fully saturated rings. The minimum Gasteiger partial charge on any atom is -0.398 e. The molecule has 0 bridgehead atoms. The largest absolute Gasteiger partial charge is 0.398 e. The second-order valence-corrected chi connectivity index (χ2v) is 4.08. The molecule has 0 atom stereocenters. The van der Waals surface area contributed by atoms with Crippen molar-refractivity contribution in [3.63, 3.8) is 0 Å². The molecule has 0 heterocycles. The molecule has 0 unspecified atom stereocenters. The van der Waals surface area contributed by atoms with E-state index in [9.17, 15) is 5.11 Å². The van der Waals surface area contributed by atoms with Gasteiger partial charge in [0.1, 0.15) is 0 Å². The van der Waals surface area contributed by atoms with Gasteiger partial charge < -0.3 is 10.8 Å². The van der Waals surface area contributed by atoms with E-state index in [-0.39, 0.29) is 0 Å². The van der Waals surface area contributed by atoms with Crippen LogP contribution in [0.3, 0.4) is 0 Å². The maximum Gasteiger partial charge on any atom is 0.0860 e. The van der Waals surface area contributed by atoms with Crippen LogP contribution in [0, 0.1) is 13.8 Å². The topological polar surface area (TPSA) is 46.2 Å². The van der Waals surface area contributed by atoms with Gasteiger partial charge in [0.15, 0.2) is 0 Å². The van der Waals surface area contributed by atoms with Crippen LogP contribution in [0.5, 0.6) is 0 Å². The lowest BCUT2D eigenvalue weighted by Crippen LogP contribution is -2.18. The van der Waals surface area contributed by atoms with Crippen molar-refractivity contribution >= 4 is 5.69 Å². The van der Waals surface area contributed by atoms with Crippen LogP contribution >= 0.6 is 0 Å². The van der Waals surface area contributed by atoms with Crippen LogP contribution in [0.15, 0.2) is 12.1 Å². The highest BCUT2D eigenvalue weighted by Gasteiger charge is 2.19. The van der Waals surface area contributed by atoms with Gasteiger partial charge in [-0.3, -0.25) is 0 Å². The highest BCUT2D eigenvalue weighted by Crippen LogP contribution is 2.28. The van der Waals surface area contributed by atoms with Crippen LogP contribution < -0.4 is 5.73 Å². The summed E-state index contributed by atoms with van der Waals surface area (Å²) in [6, 6.07) is 3.85. The van der Waals surface area contributed by atoms with Crippen molar-refractivity contribution in [3.8, 4) is 0 Å². The van der Waals surface area contributed by atoms with Gasteiger partial charge in [0.2, 0.25) is 0 Å². The van der Waals surface area contributed by atoms with E-state index in [1.54, 1.807) is 13.8 Å². The van der Waals surface area contributed by atoms with Gasteiger partial charge in [-0.1, -0.05) is 6.07 Å². The fourth-order valence-corrected chi connectivity index (χ4v) is 1.37. The zero-order valence-electron chi connectivity index (χ0n) is 8.68. The van der Waals surface area contributed by atoms with Gasteiger partial charge in [-0.25, -0.2) is 0 Å². The van der Waals surface area contributed by atoms with E-state index in [2.05, 4.69) is 0 Å². The second-order valence-electron chi connectivity index (χ2n) is 4.08. The van der Waals surface area contributed by atoms with Crippen LogP contribution in [-0.4, -0.2) is 5.11 Å². The Kier molecular flexibility index (Phi) is 2.35. The standard InChI is InChI=1S/C11H17NO/c1-7-5-9(11(3,4)13)10(12)6-8(7)2/h5-6,13H,12H2,1-4H3. The Labute approximate surface area is 79.4 Å². The first kappa shape index (κ1) is 10.1. The summed E-state index contributed by atoms with van der Waals surface area (Å²) in [5.41, 5.74) is 8.74. The molecule has 0 amide bonds. The molecule has 13 heavy (non-hydrogen) atoms. The van der Waals surface area contributed by atoms with Crippen molar-refractivity contribution < 1.29 is 5.11 Å². The van der Waals surface area contributed by atoms with E-state index >= 15 is 0 Å². The minimum atomic E-state index is -0.859. The molecule has 0 spiro atoms. The second kappa shape index (κ2) is 3.04. The number of rotatable bonds is 1. The summed E-state index contributed by atoms with van der Waals surface area (Å²) in [6.45, 7) is 7.52. The van der Waals surface area contributed by atoms with Crippen molar-refractivity contribution in [3.05, 3.63) is 28.8 Å². The molecular formula is C11H17NO. The number of hydrogen-bond donors (Lipinski definition) is 2. The molecule has 0 aliphatic carbocycles. The molecule has 3 N–H and O–H groups in total. The van der Waals surface area contributed by atoms with Gasteiger partial charge in [0, 0.05) is 11.3 Å². The zero-order valence-corrected chi connectivity index (χ0v) is 8.68. The first-order chi connectivity index (χ1) is 5.82. The fraction of sp³-hybridized carbons (Fsp3) is 0.455. The van der Waals surface area contributed by atoms with E-state index in [4.69, 9.17) is 5.73 Å². The quantitative estimate of drug-likeness (QED) is 0.649. The van der Waals surface area contributed by atoms with Crippen molar-refractivity contribution in [2.24, 2.45) is 0 Å². The maximum atomic E-state index is 9.81.